The predicted molar refractivity (Wildman–Crippen MR) is 87.0 cm³/mol. The van der Waals surface area contributed by atoms with Crippen LogP contribution in [0, 0.1) is 5.92 Å². The van der Waals surface area contributed by atoms with Crippen LogP contribution < -0.4 is 5.73 Å². The van der Waals surface area contributed by atoms with Crippen LogP contribution in [0.2, 0.25) is 5.02 Å². The van der Waals surface area contributed by atoms with Gasteiger partial charge in [0, 0.05) is 19.5 Å². The summed E-state index contributed by atoms with van der Waals surface area (Å²) >= 11 is 6.07. The number of likely N-dealkylation sites (tertiary alicyclic amines) is 1. The first-order valence-electron chi connectivity index (χ1n) is 7.34. The lowest BCUT2D eigenvalue weighted by Crippen LogP contribution is -2.29. The molecule has 1 unspecified atom stereocenters. The Morgan fingerprint density at radius 2 is 2.09 bits per heavy atom. The van der Waals surface area contributed by atoms with E-state index in [9.17, 15) is 18.0 Å². The molecule has 1 aromatic carbocycles. The van der Waals surface area contributed by atoms with E-state index in [-0.39, 0.29) is 39.5 Å². The van der Waals surface area contributed by atoms with E-state index in [0.29, 0.717) is 19.5 Å². The highest BCUT2D eigenvalue weighted by Crippen LogP contribution is 2.26. The van der Waals surface area contributed by atoms with Crippen LogP contribution in [-0.2, 0) is 14.6 Å². The molecule has 1 fully saturated rings. The number of amides is 2. The van der Waals surface area contributed by atoms with E-state index in [1.807, 2.05) is 0 Å². The van der Waals surface area contributed by atoms with Crippen molar-refractivity contribution >= 4 is 33.3 Å². The molecule has 2 rings (SSSR count). The largest absolute Gasteiger partial charge is 0.370 e. The average Bonchev–Trinajstić information content (AvgIpc) is 2.94. The number of rotatable bonds is 5. The molecule has 0 radical (unpaired) electrons. The molecule has 0 saturated carbocycles. The molecule has 1 heterocycles. The Labute approximate surface area is 140 Å². The molecule has 2 amide bonds. The molecular weight excluding hydrogens is 340 g/mol. The van der Waals surface area contributed by atoms with Gasteiger partial charge >= 0.3 is 0 Å². The van der Waals surface area contributed by atoms with Crippen molar-refractivity contribution in [1.29, 1.82) is 0 Å². The first-order chi connectivity index (χ1) is 10.7. The van der Waals surface area contributed by atoms with Crippen LogP contribution in [-0.4, -0.2) is 44.0 Å². The fourth-order valence-electron chi connectivity index (χ4n) is 2.67. The van der Waals surface area contributed by atoms with Gasteiger partial charge in [-0.3, -0.25) is 9.59 Å². The fourth-order valence-corrected chi connectivity index (χ4v) is 3.77. The van der Waals surface area contributed by atoms with Gasteiger partial charge in [-0.1, -0.05) is 18.5 Å². The zero-order valence-electron chi connectivity index (χ0n) is 12.8. The third-order valence-corrected chi connectivity index (χ3v) is 6.03. The Hall–Kier alpha value is -1.60. The van der Waals surface area contributed by atoms with Gasteiger partial charge in [0.25, 0.3) is 5.91 Å². The Balaban J connectivity index is 2.23. The van der Waals surface area contributed by atoms with Crippen molar-refractivity contribution in [1.82, 2.24) is 4.90 Å². The van der Waals surface area contributed by atoms with Crippen molar-refractivity contribution in [3.63, 3.8) is 0 Å². The molecule has 0 spiro atoms. The van der Waals surface area contributed by atoms with Gasteiger partial charge < -0.3 is 10.6 Å². The summed E-state index contributed by atoms with van der Waals surface area (Å²) in [4.78, 5) is 25.2. The van der Waals surface area contributed by atoms with E-state index in [1.165, 1.54) is 18.2 Å². The van der Waals surface area contributed by atoms with Crippen LogP contribution in [0.5, 0.6) is 0 Å². The second kappa shape index (κ2) is 6.88. The highest BCUT2D eigenvalue weighted by atomic mass is 35.5. The van der Waals surface area contributed by atoms with Crippen molar-refractivity contribution < 1.29 is 18.0 Å². The monoisotopic (exact) mass is 358 g/mol. The van der Waals surface area contributed by atoms with Crippen LogP contribution in [0.4, 0.5) is 0 Å². The zero-order chi connectivity index (χ0) is 17.2. The summed E-state index contributed by atoms with van der Waals surface area (Å²) in [5.41, 5.74) is 5.35. The van der Waals surface area contributed by atoms with E-state index in [0.717, 1.165) is 0 Å². The van der Waals surface area contributed by atoms with Crippen molar-refractivity contribution in [2.75, 3.05) is 18.8 Å². The van der Waals surface area contributed by atoms with Gasteiger partial charge in [-0.2, -0.15) is 0 Å². The third kappa shape index (κ3) is 4.03. The number of carbonyl (C=O) groups excluding carboxylic acids is 2. The first kappa shape index (κ1) is 17.7. The second-order valence-electron chi connectivity index (χ2n) is 5.62. The lowest BCUT2D eigenvalue weighted by atomic mass is 10.1. The summed E-state index contributed by atoms with van der Waals surface area (Å²) < 4.78 is 23.9. The topological polar surface area (TPSA) is 97.5 Å². The summed E-state index contributed by atoms with van der Waals surface area (Å²) in [5.74, 6) is -0.724. The fraction of sp³-hybridized carbons (Fsp3) is 0.467. The molecule has 1 aliphatic heterocycles. The summed E-state index contributed by atoms with van der Waals surface area (Å²) in [7, 11) is -3.41. The number of benzene rings is 1. The smallest absolute Gasteiger partial charge is 0.255 e. The summed E-state index contributed by atoms with van der Waals surface area (Å²) in [6.45, 7) is 2.46. The maximum absolute atomic E-state index is 12.6. The number of hydrogen-bond donors (Lipinski definition) is 1. The lowest BCUT2D eigenvalue weighted by Gasteiger charge is -2.17. The van der Waals surface area contributed by atoms with Gasteiger partial charge in [0.15, 0.2) is 9.84 Å². The maximum Gasteiger partial charge on any atom is 0.255 e. The predicted octanol–water partition coefficient (Wildman–Crippen LogP) is 1.47. The Kier molecular flexibility index (Phi) is 5.31. The van der Waals surface area contributed by atoms with E-state index in [1.54, 1.807) is 11.8 Å². The molecule has 23 heavy (non-hydrogen) atoms. The molecule has 2 N–H and O–H groups in total. The van der Waals surface area contributed by atoms with Gasteiger partial charge in [-0.15, -0.1) is 0 Å². The number of nitrogens with zero attached hydrogens (tertiary/aromatic N) is 1. The Morgan fingerprint density at radius 3 is 2.70 bits per heavy atom. The highest BCUT2D eigenvalue weighted by Gasteiger charge is 2.29. The van der Waals surface area contributed by atoms with Gasteiger partial charge in [-0.05, 0) is 30.5 Å². The number of sulfone groups is 1. The summed E-state index contributed by atoms with van der Waals surface area (Å²) in [6.07, 6.45) is 0.932. The molecule has 0 aliphatic carbocycles. The number of hydrogen-bond acceptors (Lipinski definition) is 4. The quantitative estimate of drug-likeness (QED) is 0.861. The summed E-state index contributed by atoms with van der Waals surface area (Å²) in [6, 6.07) is 4.15. The van der Waals surface area contributed by atoms with E-state index in [2.05, 4.69) is 0 Å². The molecule has 0 bridgehead atoms. The SMILES string of the molecule is CCS(=O)(=O)c1ccc(Cl)c(C(=O)N2CCC(CC(N)=O)C2)c1. The number of primary amides is 1. The van der Waals surface area contributed by atoms with Gasteiger partial charge in [0.1, 0.15) is 0 Å². The lowest BCUT2D eigenvalue weighted by molar-refractivity contribution is -0.118. The van der Waals surface area contributed by atoms with Gasteiger partial charge in [0.05, 0.1) is 21.2 Å². The van der Waals surface area contributed by atoms with Gasteiger partial charge in [-0.25, -0.2) is 8.42 Å². The molecule has 1 aromatic rings. The Bertz CT molecular complexity index is 733. The maximum atomic E-state index is 12.6. The van der Waals surface area contributed by atoms with Crippen molar-refractivity contribution in [3.05, 3.63) is 28.8 Å². The molecule has 8 heteroatoms. The van der Waals surface area contributed by atoms with Crippen molar-refractivity contribution in [2.45, 2.75) is 24.7 Å². The molecular formula is C15H19ClN2O4S. The zero-order valence-corrected chi connectivity index (χ0v) is 14.4. The molecule has 1 saturated heterocycles. The van der Waals surface area contributed by atoms with Crippen LogP contribution >= 0.6 is 11.6 Å². The standard InChI is InChI=1S/C15H19ClN2O4S/c1-2-23(21,22)11-3-4-13(16)12(8-11)15(20)18-6-5-10(9-18)7-14(17)19/h3-4,8,10H,2,5-7,9H2,1H3,(H2,17,19). The number of nitrogens with two attached hydrogens (primary N) is 1. The third-order valence-electron chi connectivity index (χ3n) is 3.97. The Morgan fingerprint density at radius 1 is 1.39 bits per heavy atom. The summed E-state index contributed by atoms with van der Waals surface area (Å²) in [5, 5.41) is 0.211. The van der Waals surface area contributed by atoms with E-state index < -0.39 is 15.7 Å². The number of carbonyl (C=O) groups is 2. The number of halogens is 1. The first-order valence-corrected chi connectivity index (χ1v) is 9.37. The minimum absolute atomic E-state index is 0.0396. The van der Waals surface area contributed by atoms with Crippen LogP contribution in [0.1, 0.15) is 30.1 Å². The van der Waals surface area contributed by atoms with Crippen molar-refractivity contribution in [3.8, 4) is 0 Å². The second-order valence-corrected chi connectivity index (χ2v) is 8.31. The molecule has 1 atom stereocenters. The van der Waals surface area contributed by atoms with Crippen LogP contribution in [0.3, 0.4) is 0 Å². The molecule has 1 aliphatic rings. The van der Waals surface area contributed by atoms with Crippen molar-refractivity contribution in [2.24, 2.45) is 11.7 Å². The minimum atomic E-state index is -3.41. The molecule has 0 aromatic heterocycles. The van der Waals surface area contributed by atoms with E-state index >= 15 is 0 Å². The minimum Gasteiger partial charge on any atom is -0.370 e. The average molecular weight is 359 g/mol. The van der Waals surface area contributed by atoms with Crippen LogP contribution in [0.15, 0.2) is 23.1 Å². The molecule has 6 nitrogen and oxygen atoms in total. The normalized spacial score (nSPS) is 18.2. The van der Waals surface area contributed by atoms with E-state index in [4.69, 9.17) is 17.3 Å². The highest BCUT2D eigenvalue weighted by molar-refractivity contribution is 7.91. The van der Waals surface area contributed by atoms with Crippen LogP contribution in [0.25, 0.3) is 0 Å². The molecule has 126 valence electrons. The van der Waals surface area contributed by atoms with Gasteiger partial charge in [0.2, 0.25) is 5.91 Å².